The van der Waals surface area contributed by atoms with Crippen molar-refractivity contribution in [2.75, 3.05) is 19.4 Å². The Labute approximate surface area is 146 Å². The molecule has 0 spiro atoms. The second-order valence-corrected chi connectivity index (χ2v) is 8.05. The first kappa shape index (κ1) is 18.8. The largest absolute Gasteiger partial charge is 0.494 e. The summed E-state index contributed by atoms with van der Waals surface area (Å²) in [6, 6.07) is 11.6. The van der Waals surface area contributed by atoms with Gasteiger partial charge in [-0.25, -0.2) is 17.5 Å². The van der Waals surface area contributed by atoms with Gasteiger partial charge in [-0.2, -0.15) is 11.8 Å². The molecule has 0 aliphatic rings. The minimum absolute atomic E-state index is 0.00958. The molecule has 0 saturated carbocycles. The quantitative estimate of drug-likeness (QED) is 0.725. The average Bonchev–Trinajstić information content (AvgIpc) is 2.56. The summed E-state index contributed by atoms with van der Waals surface area (Å²) in [6.07, 6.45) is 0. The lowest BCUT2D eigenvalue weighted by atomic mass is 10.1. The van der Waals surface area contributed by atoms with Gasteiger partial charge in [0.25, 0.3) is 0 Å². The van der Waals surface area contributed by atoms with Crippen LogP contribution in [0.5, 0.6) is 5.75 Å². The molecule has 0 unspecified atom stereocenters. The van der Waals surface area contributed by atoms with E-state index in [1.54, 1.807) is 11.8 Å². The Hall–Kier alpha value is -1.57. The highest BCUT2D eigenvalue weighted by molar-refractivity contribution is 7.98. The van der Waals surface area contributed by atoms with Gasteiger partial charge >= 0.3 is 0 Å². The maximum atomic E-state index is 13.4. The van der Waals surface area contributed by atoms with Gasteiger partial charge in [0.2, 0.25) is 10.0 Å². The van der Waals surface area contributed by atoms with Gasteiger partial charge in [0.1, 0.15) is 0 Å². The number of methoxy groups -OCH3 is 1. The van der Waals surface area contributed by atoms with Gasteiger partial charge in [-0.15, -0.1) is 0 Å². The SMILES string of the molecule is COc1cc(S(=O)(=O)NCCSCc2ccccc2C)ccc1F. The number of hydrogen-bond donors (Lipinski definition) is 1. The van der Waals surface area contributed by atoms with E-state index in [9.17, 15) is 12.8 Å². The molecule has 0 radical (unpaired) electrons. The number of hydrogen-bond acceptors (Lipinski definition) is 4. The van der Waals surface area contributed by atoms with Crippen molar-refractivity contribution in [3.63, 3.8) is 0 Å². The number of nitrogens with one attached hydrogen (secondary N) is 1. The molecule has 2 aromatic carbocycles. The van der Waals surface area contributed by atoms with Gasteiger partial charge < -0.3 is 4.74 Å². The highest BCUT2D eigenvalue weighted by Gasteiger charge is 2.16. The molecule has 0 aromatic heterocycles. The summed E-state index contributed by atoms with van der Waals surface area (Å²) in [7, 11) is -2.38. The fourth-order valence-corrected chi connectivity index (χ4v) is 4.20. The number of ether oxygens (including phenoxy) is 1. The number of thioether (sulfide) groups is 1. The van der Waals surface area contributed by atoms with Crippen LogP contribution in [0, 0.1) is 12.7 Å². The Bertz CT molecular complexity index is 794. The summed E-state index contributed by atoms with van der Waals surface area (Å²) in [5, 5.41) is 0. The van der Waals surface area contributed by atoms with Gasteiger partial charge in [-0.05, 0) is 30.2 Å². The van der Waals surface area contributed by atoms with Crippen molar-refractivity contribution in [3.8, 4) is 5.75 Å². The van der Waals surface area contributed by atoms with Crippen molar-refractivity contribution < 1.29 is 17.5 Å². The summed E-state index contributed by atoms with van der Waals surface area (Å²) in [6.45, 7) is 2.36. The molecule has 0 heterocycles. The van der Waals surface area contributed by atoms with E-state index in [0.29, 0.717) is 12.3 Å². The first-order valence-corrected chi connectivity index (χ1v) is 10.0. The van der Waals surface area contributed by atoms with Crippen molar-refractivity contribution in [1.29, 1.82) is 0 Å². The Morgan fingerprint density at radius 3 is 2.67 bits per heavy atom. The minimum atomic E-state index is -3.67. The molecule has 24 heavy (non-hydrogen) atoms. The van der Waals surface area contributed by atoms with Gasteiger partial charge in [-0.3, -0.25) is 0 Å². The monoisotopic (exact) mass is 369 g/mol. The Morgan fingerprint density at radius 1 is 1.21 bits per heavy atom. The normalized spacial score (nSPS) is 11.5. The lowest BCUT2D eigenvalue weighted by molar-refractivity contribution is 0.385. The van der Waals surface area contributed by atoms with Crippen LogP contribution in [-0.4, -0.2) is 27.8 Å². The first-order valence-electron chi connectivity index (χ1n) is 7.39. The molecule has 0 aliphatic carbocycles. The van der Waals surface area contributed by atoms with Crippen LogP contribution < -0.4 is 9.46 Å². The molecular formula is C17H20FNO3S2. The fraction of sp³-hybridized carbons (Fsp3) is 0.294. The Morgan fingerprint density at radius 2 is 1.96 bits per heavy atom. The minimum Gasteiger partial charge on any atom is -0.494 e. The Kier molecular flexibility index (Phi) is 6.65. The first-order chi connectivity index (χ1) is 11.4. The highest BCUT2D eigenvalue weighted by Crippen LogP contribution is 2.21. The van der Waals surface area contributed by atoms with E-state index >= 15 is 0 Å². The highest BCUT2D eigenvalue weighted by atomic mass is 32.2. The molecule has 130 valence electrons. The standard InChI is InChI=1S/C17H20FNO3S2/c1-13-5-3-4-6-14(13)12-23-10-9-19-24(20,21)15-7-8-16(18)17(11-15)22-2/h3-8,11,19H,9-10,12H2,1-2H3. The third-order valence-corrected chi connectivity index (χ3v) is 5.96. The predicted molar refractivity (Wildman–Crippen MR) is 95.5 cm³/mol. The summed E-state index contributed by atoms with van der Waals surface area (Å²) in [5.41, 5.74) is 2.47. The number of rotatable bonds is 8. The van der Waals surface area contributed by atoms with Gasteiger partial charge in [-0.1, -0.05) is 24.3 Å². The zero-order chi connectivity index (χ0) is 17.6. The summed E-state index contributed by atoms with van der Waals surface area (Å²) in [5.74, 6) is 0.794. The average molecular weight is 369 g/mol. The van der Waals surface area contributed by atoms with E-state index in [2.05, 4.69) is 23.8 Å². The maximum Gasteiger partial charge on any atom is 0.240 e. The summed E-state index contributed by atoms with van der Waals surface area (Å²) >= 11 is 1.65. The number of benzene rings is 2. The van der Waals surface area contributed by atoms with E-state index in [1.807, 2.05) is 12.1 Å². The zero-order valence-corrected chi connectivity index (χ0v) is 15.2. The second kappa shape index (κ2) is 8.50. The molecule has 0 atom stereocenters. The molecule has 1 N–H and O–H groups in total. The number of sulfonamides is 1. The summed E-state index contributed by atoms with van der Waals surface area (Å²) in [4.78, 5) is -0.00958. The van der Waals surface area contributed by atoms with Crippen LogP contribution >= 0.6 is 11.8 Å². The third kappa shape index (κ3) is 4.96. The van der Waals surface area contributed by atoms with Crippen molar-refractivity contribution in [1.82, 2.24) is 4.72 Å². The number of aryl methyl sites for hydroxylation is 1. The molecule has 4 nitrogen and oxygen atoms in total. The molecule has 0 fully saturated rings. The van der Waals surface area contributed by atoms with Crippen molar-refractivity contribution >= 4 is 21.8 Å². The van der Waals surface area contributed by atoms with Crippen molar-refractivity contribution in [2.45, 2.75) is 17.6 Å². The smallest absolute Gasteiger partial charge is 0.240 e. The van der Waals surface area contributed by atoms with E-state index in [4.69, 9.17) is 4.74 Å². The van der Waals surface area contributed by atoms with Crippen molar-refractivity contribution in [2.24, 2.45) is 0 Å². The van der Waals surface area contributed by atoms with Crippen LogP contribution in [0.3, 0.4) is 0 Å². The van der Waals surface area contributed by atoms with E-state index in [1.165, 1.54) is 30.4 Å². The van der Waals surface area contributed by atoms with Crippen LogP contribution in [0.25, 0.3) is 0 Å². The molecule has 0 bridgehead atoms. The number of halogens is 1. The fourth-order valence-electron chi connectivity index (χ4n) is 2.09. The van der Waals surface area contributed by atoms with Gasteiger partial charge in [0.05, 0.1) is 12.0 Å². The maximum absolute atomic E-state index is 13.4. The lowest BCUT2D eigenvalue weighted by Gasteiger charge is -2.09. The molecule has 2 rings (SSSR count). The third-order valence-electron chi connectivity index (χ3n) is 3.49. The predicted octanol–water partition coefficient (Wildman–Crippen LogP) is 3.35. The summed E-state index contributed by atoms with van der Waals surface area (Å²) < 4.78 is 45.1. The van der Waals surface area contributed by atoms with Gasteiger partial charge in [0.15, 0.2) is 11.6 Å². The lowest BCUT2D eigenvalue weighted by Crippen LogP contribution is -2.26. The molecular weight excluding hydrogens is 349 g/mol. The molecule has 0 saturated heterocycles. The van der Waals surface area contributed by atoms with E-state index in [-0.39, 0.29) is 10.6 Å². The zero-order valence-electron chi connectivity index (χ0n) is 13.6. The van der Waals surface area contributed by atoms with E-state index in [0.717, 1.165) is 11.8 Å². The van der Waals surface area contributed by atoms with Crippen LogP contribution in [0.1, 0.15) is 11.1 Å². The van der Waals surface area contributed by atoms with Crippen LogP contribution in [0.2, 0.25) is 0 Å². The molecule has 7 heteroatoms. The van der Waals surface area contributed by atoms with E-state index < -0.39 is 15.8 Å². The molecule has 0 aliphatic heterocycles. The van der Waals surface area contributed by atoms with Crippen LogP contribution in [0.15, 0.2) is 47.4 Å². The van der Waals surface area contributed by atoms with Crippen LogP contribution in [0.4, 0.5) is 4.39 Å². The molecule has 2 aromatic rings. The molecule has 0 amide bonds. The second-order valence-electron chi connectivity index (χ2n) is 5.17. The van der Waals surface area contributed by atoms with Gasteiger partial charge in [0, 0.05) is 24.1 Å². The Balaban J connectivity index is 1.86. The topological polar surface area (TPSA) is 55.4 Å². The van der Waals surface area contributed by atoms with Crippen molar-refractivity contribution in [3.05, 3.63) is 59.4 Å². The van der Waals surface area contributed by atoms with Crippen LogP contribution in [-0.2, 0) is 15.8 Å².